The van der Waals surface area contributed by atoms with Crippen molar-refractivity contribution in [2.45, 2.75) is 26.3 Å². The van der Waals surface area contributed by atoms with Gasteiger partial charge in [0.05, 0.1) is 0 Å². The second-order valence-electron chi connectivity index (χ2n) is 5.75. The molecule has 1 fully saturated rings. The summed E-state index contributed by atoms with van der Waals surface area (Å²) in [5.41, 5.74) is 1.02. The number of rotatable bonds is 4. The zero-order valence-electron chi connectivity index (χ0n) is 12.8. The third-order valence-electron chi connectivity index (χ3n) is 3.69. The predicted molar refractivity (Wildman–Crippen MR) is 105 cm³/mol. The summed E-state index contributed by atoms with van der Waals surface area (Å²) in [6, 6.07) is 4.07. The molecule has 128 valence electrons. The molecule has 0 amide bonds. The van der Waals surface area contributed by atoms with Crippen LogP contribution in [0.5, 0.6) is 5.75 Å². The minimum atomic E-state index is 0. The minimum Gasteiger partial charge on any atom is -0.508 e. The molecule has 2 rings (SSSR count). The van der Waals surface area contributed by atoms with Gasteiger partial charge in [0.1, 0.15) is 5.75 Å². The SMILES string of the molecule is CC(C)C[C@H](c1c(O)cc(Br)cc1Br)N1CCNCC1.Cl.Cl. The van der Waals surface area contributed by atoms with Gasteiger partial charge in [-0.1, -0.05) is 45.7 Å². The number of aromatic hydroxyl groups is 1. The van der Waals surface area contributed by atoms with E-state index in [9.17, 15) is 5.11 Å². The van der Waals surface area contributed by atoms with Gasteiger partial charge in [0.15, 0.2) is 0 Å². The molecule has 2 N–H and O–H groups in total. The molecular formula is C15H24Br2Cl2N2O. The topological polar surface area (TPSA) is 35.5 Å². The molecule has 0 unspecified atom stereocenters. The number of piperazine rings is 1. The van der Waals surface area contributed by atoms with Crippen LogP contribution in [0.4, 0.5) is 0 Å². The second-order valence-corrected chi connectivity index (χ2v) is 7.52. The van der Waals surface area contributed by atoms with Crippen molar-refractivity contribution in [2.24, 2.45) is 5.92 Å². The molecule has 0 radical (unpaired) electrons. The van der Waals surface area contributed by atoms with Crippen molar-refractivity contribution in [3.8, 4) is 5.75 Å². The van der Waals surface area contributed by atoms with Crippen LogP contribution in [-0.2, 0) is 0 Å². The molecule has 0 spiro atoms. The summed E-state index contributed by atoms with van der Waals surface area (Å²) in [6.07, 6.45) is 1.05. The van der Waals surface area contributed by atoms with Gasteiger partial charge in [-0.05, 0) is 24.5 Å². The van der Waals surface area contributed by atoms with Crippen molar-refractivity contribution >= 4 is 56.7 Å². The largest absolute Gasteiger partial charge is 0.508 e. The maximum atomic E-state index is 10.4. The number of phenols is 1. The van der Waals surface area contributed by atoms with Crippen molar-refractivity contribution in [2.75, 3.05) is 26.2 Å². The van der Waals surface area contributed by atoms with Crippen LogP contribution in [0.15, 0.2) is 21.1 Å². The Morgan fingerprint density at radius 1 is 1.18 bits per heavy atom. The molecule has 0 aromatic heterocycles. The average molecular weight is 479 g/mol. The highest BCUT2D eigenvalue weighted by Gasteiger charge is 2.27. The van der Waals surface area contributed by atoms with Gasteiger partial charge < -0.3 is 10.4 Å². The summed E-state index contributed by atoms with van der Waals surface area (Å²) in [5, 5.41) is 13.8. The fourth-order valence-corrected chi connectivity index (χ4v) is 4.26. The van der Waals surface area contributed by atoms with E-state index in [4.69, 9.17) is 0 Å². The van der Waals surface area contributed by atoms with E-state index in [0.29, 0.717) is 11.7 Å². The predicted octanol–water partition coefficient (Wildman–Crippen LogP) is 4.75. The van der Waals surface area contributed by atoms with Gasteiger partial charge in [-0.25, -0.2) is 0 Å². The molecule has 1 saturated heterocycles. The second kappa shape index (κ2) is 10.4. The quantitative estimate of drug-likeness (QED) is 0.655. The fraction of sp³-hybridized carbons (Fsp3) is 0.600. The fourth-order valence-electron chi connectivity index (χ4n) is 2.79. The molecule has 1 aromatic rings. The van der Waals surface area contributed by atoms with E-state index in [0.717, 1.165) is 47.1 Å². The molecule has 7 heteroatoms. The lowest BCUT2D eigenvalue weighted by Gasteiger charge is -2.37. The Bertz CT molecular complexity index is 446. The Labute approximate surface area is 162 Å². The van der Waals surface area contributed by atoms with E-state index < -0.39 is 0 Å². The molecule has 1 aromatic carbocycles. The first-order valence-corrected chi connectivity index (χ1v) is 8.70. The molecule has 1 aliphatic rings. The first-order chi connectivity index (χ1) is 9.49. The highest BCUT2D eigenvalue weighted by Crippen LogP contribution is 2.40. The van der Waals surface area contributed by atoms with Crippen LogP contribution in [0.1, 0.15) is 31.9 Å². The van der Waals surface area contributed by atoms with Gasteiger partial charge in [-0.3, -0.25) is 4.90 Å². The zero-order valence-corrected chi connectivity index (χ0v) is 17.6. The molecule has 1 atom stereocenters. The van der Waals surface area contributed by atoms with Gasteiger partial charge in [0.2, 0.25) is 0 Å². The van der Waals surface area contributed by atoms with E-state index in [1.54, 1.807) is 6.07 Å². The lowest BCUT2D eigenvalue weighted by molar-refractivity contribution is 0.151. The van der Waals surface area contributed by atoms with Crippen LogP contribution in [-0.4, -0.2) is 36.2 Å². The third-order valence-corrected chi connectivity index (χ3v) is 4.81. The van der Waals surface area contributed by atoms with E-state index >= 15 is 0 Å². The van der Waals surface area contributed by atoms with Crippen molar-refractivity contribution in [1.29, 1.82) is 0 Å². The van der Waals surface area contributed by atoms with Gasteiger partial charge in [-0.2, -0.15) is 0 Å². The van der Waals surface area contributed by atoms with E-state index in [1.165, 1.54) is 0 Å². The lowest BCUT2D eigenvalue weighted by atomic mass is 9.94. The maximum Gasteiger partial charge on any atom is 0.122 e. The number of nitrogens with one attached hydrogen (secondary N) is 1. The Hall–Kier alpha value is 0.480. The Balaban J connectivity index is 0.00000220. The van der Waals surface area contributed by atoms with E-state index in [1.807, 2.05) is 6.07 Å². The Morgan fingerprint density at radius 3 is 2.27 bits per heavy atom. The summed E-state index contributed by atoms with van der Waals surface area (Å²) in [5.74, 6) is 0.959. The number of benzene rings is 1. The average Bonchev–Trinajstić information content (AvgIpc) is 2.37. The molecule has 0 bridgehead atoms. The third kappa shape index (κ3) is 5.84. The summed E-state index contributed by atoms with van der Waals surface area (Å²) >= 11 is 7.05. The number of halogens is 4. The number of hydrogen-bond acceptors (Lipinski definition) is 3. The zero-order chi connectivity index (χ0) is 14.7. The van der Waals surface area contributed by atoms with Gasteiger partial charge >= 0.3 is 0 Å². The number of hydrogen-bond donors (Lipinski definition) is 2. The summed E-state index contributed by atoms with van der Waals surface area (Å²) in [4.78, 5) is 2.48. The molecule has 3 nitrogen and oxygen atoms in total. The Morgan fingerprint density at radius 2 is 1.77 bits per heavy atom. The standard InChI is InChI=1S/C15H22Br2N2O.2ClH/c1-10(2)7-13(19-5-3-18-4-6-19)15-12(17)8-11(16)9-14(15)20;;/h8-10,13,18,20H,3-7H2,1-2H3;2*1H/t13-;;/m1../s1. The highest BCUT2D eigenvalue weighted by molar-refractivity contribution is 9.11. The number of phenolic OH excluding ortho intramolecular Hbond substituents is 1. The first-order valence-electron chi connectivity index (χ1n) is 7.11. The molecule has 0 saturated carbocycles. The first kappa shape index (κ1) is 22.5. The normalized spacial score (nSPS) is 16.8. The van der Waals surface area contributed by atoms with Crippen molar-refractivity contribution < 1.29 is 5.11 Å². The van der Waals surface area contributed by atoms with Crippen molar-refractivity contribution in [3.05, 3.63) is 26.6 Å². The molecule has 22 heavy (non-hydrogen) atoms. The maximum absolute atomic E-state index is 10.4. The van der Waals surface area contributed by atoms with Gasteiger partial charge in [0.25, 0.3) is 0 Å². The van der Waals surface area contributed by atoms with Crippen LogP contribution < -0.4 is 5.32 Å². The van der Waals surface area contributed by atoms with E-state index in [2.05, 4.69) is 55.9 Å². The van der Waals surface area contributed by atoms with Crippen molar-refractivity contribution in [1.82, 2.24) is 10.2 Å². The van der Waals surface area contributed by atoms with Gasteiger partial charge in [-0.15, -0.1) is 24.8 Å². The summed E-state index contributed by atoms with van der Waals surface area (Å²) in [6.45, 7) is 8.56. The van der Waals surface area contributed by atoms with Crippen LogP contribution in [0.3, 0.4) is 0 Å². The number of nitrogens with zero attached hydrogens (tertiary/aromatic N) is 1. The van der Waals surface area contributed by atoms with Crippen LogP contribution in [0, 0.1) is 5.92 Å². The smallest absolute Gasteiger partial charge is 0.122 e. The molecule has 1 aliphatic heterocycles. The van der Waals surface area contributed by atoms with E-state index in [-0.39, 0.29) is 30.9 Å². The van der Waals surface area contributed by atoms with Gasteiger partial charge in [0, 0.05) is 46.7 Å². The van der Waals surface area contributed by atoms with Crippen LogP contribution in [0.25, 0.3) is 0 Å². The lowest BCUT2D eigenvalue weighted by Crippen LogP contribution is -2.45. The molecular weight excluding hydrogens is 455 g/mol. The van der Waals surface area contributed by atoms with Crippen LogP contribution in [0.2, 0.25) is 0 Å². The Kier molecular flexibility index (Phi) is 10.6. The monoisotopic (exact) mass is 476 g/mol. The molecule has 1 heterocycles. The van der Waals surface area contributed by atoms with Crippen LogP contribution >= 0.6 is 56.7 Å². The highest BCUT2D eigenvalue weighted by atomic mass is 79.9. The molecule has 0 aliphatic carbocycles. The summed E-state index contributed by atoms with van der Waals surface area (Å²) < 4.78 is 1.88. The van der Waals surface area contributed by atoms with Crippen molar-refractivity contribution in [3.63, 3.8) is 0 Å². The minimum absolute atomic E-state index is 0. The summed E-state index contributed by atoms with van der Waals surface area (Å²) in [7, 11) is 0.